The lowest BCUT2D eigenvalue weighted by atomic mass is 9.91. The van der Waals surface area contributed by atoms with Crippen LogP contribution in [0.15, 0.2) is 78.1 Å². The lowest BCUT2D eigenvalue weighted by molar-refractivity contribution is 0.302. The molecular formula is C20H20O. The fourth-order valence-electron chi connectivity index (χ4n) is 2.83. The number of hydrogen-bond donors (Lipinski definition) is 0. The second-order valence-electron chi connectivity index (χ2n) is 5.35. The third-order valence-electron chi connectivity index (χ3n) is 3.91. The summed E-state index contributed by atoms with van der Waals surface area (Å²) >= 11 is 0. The minimum Gasteiger partial charge on any atom is -0.497 e. The number of hydrogen-bond acceptors (Lipinski definition) is 1. The van der Waals surface area contributed by atoms with Crippen LogP contribution >= 0.6 is 0 Å². The highest BCUT2D eigenvalue weighted by Gasteiger charge is 2.10. The van der Waals surface area contributed by atoms with Gasteiger partial charge in [0.1, 0.15) is 5.76 Å². The van der Waals surface area contributed by atoms with E-state index in [-0.39, 0.29) is 0 Å². The van der Waals surface area contributed by atoms with Crippen molar-refractivity contribution in [1.29, 1.82) is 0 Å². The first-order valence-electron chi connectivity index (χ1n) is 7.44. The van der Waals surface area contributed by atoms with Gasteiger partial charge in [0.15, 0.2) is 0 Å². The number of ether oxygens (including phenoxy) is 1. The van der Waals surface area contributed by atoms with Gasteiger partial charge in [-0.15, -0.1) is 0 Å². The second kappa shape index (κ2) is 6.45. The molecule has 3 rings (SSSR count). The van der Waals surface area contributed by atoms with Gasteiger partial charge in [-0.3, -0.25) is 0 Å². The molecule has 1 heteroatoms. The maximum absolute atomic E-state index is 5.36. The Bertz CT molecular complexity index is 665. The van der Waals surface area contributed by atoms with Crippen molar-refractivity contribution >= 4 is 0 Å². The van der Waals surface area contributed by atoms with Crippen LogP contribution in [0.3, 0.4) is 0 Å². The molecule has 0 fully saturated rings. The summed E-state index contributed by atoms with van der Waals surface area (Å²) in [6, 6.07) is 19.3. The highest BCUT2D eigenvalue weighted by atomic mass is 16.5. The number of benzene rings is 2. The summed E-state index contributed by atoms with van der Waals surface area (Å²) in [7, 11) is 1.74. The molecule has 0 unspecified atom stereocenters. The van der Waals surface area contributed by atoms with Crippen molar-refractivity contribution in [3.63, 3.8) is 0 Å². The van der Waals surface area contributed by atoms with E-state index in [2.05, 4.69) is 66.7 Å². The fraction of sp³-hybridized carbons (Fsp3) is 0.200. The summed E-state index contributed by atoms with van der Waals surface area (Å²) < 4.78 is 5.36. The SMILES string of the molecule is COC1=CCCC(Cc2ccccc2-c2ccccc2)=C1. The summed E-state index contributed by atoms with van der Waals surface area (Å²) in [5, 5.41) is 0. The zero-order chi connectivity index (χ0) is 14.5. The van der Waals surface area contributed by atoms with Crippen molar-refractivity contribution in [3.8, 4) is 11.1 Å². The Hall–Kier alpha value is -2.28. The average molecular weight is 276 g/mol. The molecule has 2 aromatic carbocycles. The monoisotopic (exact) mass is 276 g/mol. The van der Waals surface area contributed by atoms with E-state index in [9.17, 15) is 0 Å². The topological polar surface area (TPSA) is 9.23 Å². The van der Waals surface area contributed by atoms with Crippen molar-refractivity contribution in [1.82, 2.24) is 0 Å². The van der Waals surface area contributed by atoms with Gasteiger partial charge < -0.3 is 4.74 Å². The first-order chi connectivity index (χ1) is 10.4. The van der Waals surface area contributed by atoms with E-state index < -0.39 is 0 Å². The molecule has 0 radical (unpaired) electrons. The van der Waals surface area contributed by atoms with Gasteiger partial charge in [0, 0.05) is 0 Å². The number of rotatable bonds is 4. The van der Waals surface area contributed by atoms with Crippen LogP contribution < -0.4 is 0 Å². The molecule has 21 heavy (non-hydrogen) atoms. The normalized spacial score (nSPS) is 14.3. The molecule has 0 bridgehead atoms. The van der Waals surface area contributed by atoms with Gasteiger partial charge in [0.2, 0.25) is 0 Å². The number of allylic oxidation sites excluding steroid dienone is 3. The van der Waals surface area contributed by atoms with E-state index in [0.29, 0.717) is 0 Å². The molecule has 1 aliphatic rings. The smallest absolute Gasteiger partial charge is 0.114 e. The molecule has 0 heterocycles. The van der Waals surface area contributed by atoms with E-state index in [0.717, 1.165) is 25.0 Å². The summed E-state index contributed by atoms with van der Waals surface area (Å²) in [5.41, 5.74) is 5.43. The number of methoxy groups -OCH3 is 1. The molecule has 0 saturated heterocycles. The van der Waals surface area contributed by atoms with Crippen LogP contribution in [0.2, 0.25) is 0 Å². The largest absolute Gasteiger partial charge is 0.497 e. The van der Waals surface area contributed by atoms with Crippen LogP contribution in [-0.4, -0.2) is 7.11 Å². The maximum Gasteiger partial charge on any atom is 0.114 e. The van der Waals surface area contributed by atoms with Crippen molar-refractivity contribution in [2.75, 3.05) is 7.11 Å². The minimum absolute atomic E-state index is 0.992. The average Bonchev–Trinajstić information content (AvgIpc) is 2.56. The summed E-state index contributed by atoms with van der Waals surface area (Å²) in [6.07, 6.45) is 7.53. The molecule has 0 amide bonds. The predicted molar refractivity (Wildman–Crippen MR) is 88.0 cm³/mol. The minimum atomic E-state index is 0.992. The molecule has 0 atom stereocenters. The maximum atomic E-state index is 5.36. The van der Waals surface area contributed by atoms with Gasteiger partial charge in [-0.2, -0.15) is 0 Å². The van der Waals surface area contributed by atoms with Gasteiger partial charge in [-0.25, -0.2) is 0 Å². The first kappa shape index (κ1) is 13.7. The van der Waals surface area contributed by atoms with E-state index in [1.807, 2.05) is 0 Å². The van der Waals surface area contributed by atoms with Crippen LogP contribution in [0, 0.1) is 0 Å². The van der Waals surface area contributed by atoms with Crippen molar-refractivity contribution in [3.05, 3.63) is 83.6 Å². The third kappa shape index (κ3) is 3.25. The Labute approximate surface area is 126 Å². The summed E-state index contributed by atoms with van der Waals surface area (Å²) in [5.74, 6) is 0.994. The van der Waals surface area contributed by atoms with Crippen LogP contribution in [0.1, 0.15) is 18.4 Å². The molecule has 2 aromatic rings. The highest BCUT2D eigenvalue weighted by molar-refractivity contribution is 5.67. The van der Waals surface area contributed by atoms with E-state index in [4.69, 9.17) is 4.74 Å². The Kier molecular flexibility index (Phi) is 4.20. The van der Waals surface area contributed by atoms with E-state index in [1.165, 1.54) is 22.3 Å². The van der Waals surface area contributed by atoms with Crippen molar-refractivity contribution < 1.29 is 4.74 Å². The van der Waals surface area contributed by atoms with Crippen molar-refractivity contribution in [2.45, 2.75) is 19.3 Å². The molecule has 0 N–H and O–H groups in total. The lowest BCUT2D eigenvalue weighted by Crippen LogP contribution is -1.99. The van der Waals surface area contributed by atoms with Crippen LogP contribution in [0.5, 0.6) is 0 Å². The Balaban J connectivity index is 1.90. The predicted octanol–water partition coefficient (Wildman–Crippen LogP) is 5.15. The zero-order valence-corrected chi connectivity index (χ0v) is 12.4. The Morgan fingerprint density at radius 3 is 2.52 bits per heavy atom. The zero-order valence-electron chi connectivity index (χ0n) is 12.4. The molecule has 1 nitrogen and oxygen atoms in total. The van der Waals surface area contributed by atoms with Gasteiger partial charge in [0.05, 0.1) is 7.11 Å². The molecule has 0 saturated carbocycles. The van der Waals surface area contributed by atoms with E-state index >= 15 is 0 Å². The van der Waals surface area contributed by atoms with Gasteiger partial charge in [-0.1, -0.05) is 60.2 Å². The lowest BCUT2D eigenvalue weighted by Gasteiger charge is -2.15. The Morgan fingerprint density at radius 1 is 0.952 bits per heavy atom. The fourth-order valence-corrected chi connectivity index (χ4v) is 2.83. The summed E-state index contributed by atoms with van der Waals surface area (Å²) in [6.45, 7) is 0. The molecule has 106 valence electrons. The standard InChI is InChI=1S/C20H20O/c1-21-19-12-7-8-16(15-19)14-18-11-5-6-13-20(18)17-9-3-2-4-10-17/h2-6,9-13,15H,7-8,14H2,1H3. The quantitative estimate of drug-likeness (QED) is 0.750. The van der Waals surface area contributed by atoms with Gasteiger partial charge >= 0.3 is 0 Å². The van der Waals surface area contributed by atoms with Gasteiger partial charge in [0.25, 0.3) is 0 Å². The molecule has 1 aliphatic carbocycles. The molecule has 0 aliphatic heterocycles. The highest BCUT2D eigenvalue weighted by Crippen LogP contribution is 2.28. The van der Waals surface area contributed by atoms with E-state index in [1.54, 1.807) is 7.11 Å². The van der Waals surface area contributed by atoms with Crippen LogP contribution in [0.4, 0.5) is 0 Å². The molecule has 0 aromatic heterocycles. The Morgan fingerprint density at radius 2 is 1.71 bits per heavy atom. The first-order valence-corrected chi connectivity index (χ1v) is 7.44. The van der Waals surface area contributed by atoms with Crippen LogP contribution in [-0.2, 0) is 11.2 Å². The third-order valence-corrected chi connectivity index (χ3v) is 3.91. The summed E-state index contributed by atoms with van der Waals surface area (Å²) in [4.78, 5) is 0. The van der Waals surface area contributed by atoms with Crippen LogP contribution in [0.25, 0.3) is 11.1 Å². The second-order valence-corrected chi connectivity index (χ2v) is 5.35. The molecule has 0 spiro atoms. The van der Waals surface area contributed by atoms with Gasteiger partial charge in [-0.05, 0) is 48.1 Å². The van der Waals surface area contributed by atoms with Crippen molar-refractivity contribution in [2.24, 2.45) is 0 Å². The molecular weight excluding hydrogens is 256 g/mol.